The van der Waals surface area contributed by atoms with Crippen LogP contribution in [0.5, 0.6) is 11.6 Å². The molecule has 2 aliphatic heterocycles. The van der Waals surface area contributed by atoms with E-state index in [4.69, 9.17) is 14.6 Å². The summed E-state index contributed by atoms with van der Waals surface area (Å²) in [7, 11) is 0. The Hall–Kier alpha value is -3.54. The predicted octanol–water partition coefficient (Wildman–Crippen LogP) is 4.87. The fourth-order valence-corrected chi connectivity index (χ4v) is 4.85. The standard InChI is InChI=1S/C26H26N2O4/c1-15-17(5-3-6-20(15)25-16(2)32-26-22(25)7-4-10-27-26)13-28-19-8-9-21-18(11-24(29)30)14-31-23(21)12-19/h3-10,12,16,18,25,28H,11,13-14H2,1-2H3,(H,29,30)/t16?,18-,25?/m1/s1. The first-order valence-electron chi connectivity index (χ1n) is 10.9. The number of rotatable bonds is 6. The van der Waals surface area contributed by atoms with Crippen LogP contribution in [-0.2, 0) is 11.3 Å². The van der Waals surface area contributed by atoms with Crippen LogP contribution in [0.4, 0.5) is 5.69 Å². The van der Waals surface area contributed by atoms with Gasteiger partial charge in [-0.25, -0.2) is 4.98 Å². The van der Waals surface area contributed by atoms with Crippen LogP contribution in [0.25, 0.3) is 0 Å². The monoisotopic (exact) mass is 430 g/mol. The summed E-state index contributed by atoms with van der Waals surface area (Å²) in [4.78, 5) is 15.4. The van der Waals surface area contributed by atoms with Gasteiger partial charge in [-0.15, -0.1) is 0 Å². The van der Waals surface area contributed by atoms with Gasteiger partial charge in [0.2, 0.25) is 5.88 Å². The number of nitrogens with one attached hydrogen (secondary N) is 1. The molecule has 0 fully saturated rings. The summed E-state index contributed by atoms with van der Waals surface area (Å²) < 4.78 is 11.7. The number of ether oxygens (including phenoxy) is 2. The maximum atomic E-state index is 11.1. The summed E-state index contributed by atoms with van der Waals surface area (Å²) in [6.07, 6.45) is 1.90. The maximum absolute atomic E-state index is 11.1. The lowest BCUT2D eigenvalue weighted by Gasteiger charge is -2.20. The molecule has 0 bridgehead atoms. The fourth-order valence-electron chi connectivity index (χ4n) is 4.85. The molecule has 3 heterocycles. The number of pyridine rings is 1. The van der Waals surface area contributed by atoms with Crippen LogP contribution in [-0.4, -0.2) is 28.8 Å². The number of benzene rings is 2. The molecule has 5 rings (SSSR count). The molecule has 0 aliphatic carbocycles. The average molecular weight is 431 g/mol. The molecule has 164 valence electrons. The summed E-state index contributed by atoms with van der Waals surface area (Å²) in [5.74, 6) is 0.783. The largest absolute Gasteiger partial charge is 0.493 e. The van der Waals surface area contributed by atoms with Crippen molar-refractivity contribution in [2.45, 2.75) is 44.8 Å². The normalized spacial score (nSPS) is 20.8. The molecule has 6 heteroatoms. The number of nitrogens with zero attached hydrogens (tertiary/aromatic N) is 1. The second-order valence-electron chi connectivity index (χ2n) is 8.54. The van der Waals surface area contributed by atoms with Crippen LogP contribution in [0.1, 0.15) is 53.0 Å². The van der Waals surface area contributed by atoms with Crippen molar-refractivity contribution in [2.24, 2.45) is 0 Å². The third-order valence-electron chi connectivity index (χ3n) is 6.52. The van der Waals surface area contributed by atoms with Crippen molar-refractivity contribution in [3.63, 3.8) is 0 Å². The molecule has 0 radical (unpaired) electrons. The van der Waals surface area contributed by atoms with Crippen molar-refractivity contribution in [3.8, 4) is 11.6 Å². The zero-order valence-electron chi connectivity index (χ0n) is 18.2. The topological polar surface area (TPSA) is 80.7 Å². The third kappa shape index (κ3) is 3.66. The van der Waals surface area contributed by atoms with Gasteiger partial charge in [0.05, 0.1) is 18.9 Å². The van der Waals surface area contributed by atoms with Gasteiger partial charge in [0.15, 0.2) is 0 Å². The molecule has 3 aromatic rings. The Morgan fingerprint density at radius 2 is 2.00 bits per heavy atom. The van der Waals surface area contributed by atoms with Gasteiger partial charge in [-0.2, -0.15) is 0 Å². The number of carboxylic acid groups (broad SMARTS) is 1. The summed E-state index contributed by atoms with van der Waals surface area (Å²) in [6, 6.07) is 16.4. The Morgan fingerprint density at radius 1 is 1.16 bits per heavy atom. The first-order valence-corrected chi connectivity index (χ1v) is 10.9. The van der Waals surface area contributed by atoms with Crippen molar-refractivity contribution >= 4 is 11.7 Å². The third-order valence-corrected chi connectivity index (χ3v) is 6.52. The molecule has 0 amide bonds. The summed E-state index contributed by atoms with van der Waals surface area (Å²) >= 11 is 0. The molecule has 0 saturated carbocycles. The van der Waals surface area contributed by atoms with E-state index in [2.05, 4.69) is 48.4 Å². The van der Waals surface area contributed by atoms with E-state index in [9.17, 15) is 4.79 Å². The van der Waals surface area contributed by atoms with Crippen molar-refractivity contribution in [1.29, 1.82) is 0 Å². The smallest absolute Gasteiger partial charge is 0.304 e. The molecule has 0 saturated heterocycles. The molecular formula is C26H26N2O4. The lowest BCUT2D eigenvalue weighted by molar-refractivity contribution is -0.137. The summed E-state index contributed by atoms with van der Waals surface area (Å²) in [5.41, 5.74) is 6.79. The lowest BCUT2D eigenvalue weighted by Crippen LogP contribution is -2.17. The number of carbonyl (C=O) groups is 1. The minimum absolute atomic E-state index is 0.0365. The van der Waals surface area contributed by atoms with Gasteiger partial charge in [-0.3, -0.25) is 4.79 Å². The molecule has 6 nitrogen and oxygen atoms in total. The second-order valence-corrected chi connectivity index (χ2v) is 8.54. The van der Waals surface area contributed by atoms with E-state index >= 15 is 0 Å². The number of aromatic nitrogens is 1. The van der Waals surface area contributed by atoms with Crippen LogP contribution >= 0.6 is 0 Å². The summed E-state index contributed by atoms with van der Waals surface area (Å²) in [6.45, 7) is 5.36. The zero-order chi connectivity index (χ0) is 22.2. The van der Waals surface area contributed by atoms with Crippen LogP contribution < -0.4 is 14.8 Å². The van der Waals surface area contributed by atoms with Crippen LogP contribution in [0.2, 0.25) is 0 Å². The van der Waals surface area contributed by atoms with Crippen molar-refractivity contribution in [1.82, 2.24) is 4.98 Å². The van der Waals surface area contributed by atoms with Gasteiger partial charge in [0.1, 0.15) is 11.9 Å². The zero-order valence-corrected chi connectivity index (χ0v) is 18.2. The predicted molar refractivity (Wildman–Crippen MR) is 122 cm³/mol. The lowest BCUT2D eigenvalue weighted by atomic mass is 9.85. The van der Waals surface area contributed by atoms with E-state index in [-0.39, 0.29) is 24.4 Å². The van der Waals surface area contributed by atoms with Gasteiger partial charge in [0, 0.05) is 41.5 Å². The molecule has 2 aromatic carbocycles. The minimum Gasteiger partial charge on any atom is -0.493 e. The molecule has 3 atom stereocenters. The molecule has 0 spiro atoms. The number of hydrogen-bond acceptors (Lipinski definition) is 5. The Balaban J connectivity index is 1.34. The SMILES string of the molecule is Cc1c(CNc2ccc3c(c2)OC[C@H]3CC(=O)O)cccc1C1c2cccnc2OC1C. The van der Waals surface area contributed by atoms with Crippen LogP contribution in [0, 0.1) is 6.92 Å². The Kier molecular flexibility index (Phi) is 5.21. The van der Waals surface area contributed by atoms with Crippen molar-refractivity contribution in [3.05, 3.63) is 82.5 Å². The highest BCUT2D eigenvalue weighted by atomic mass is 16.5. The van der Waals surface area contributed by atoms with Crippen molar-refractivity contribution < 1.29 is 19.4 Å². The second kappa shape index (κ2) is 8.19. The van der Waals surface area contributed by atoms with E-state index in [1.807, 2.05) is 24.3 Å². The van der Waals surface area contributed by atoms with Gasteiger partial charge in [-0.1, -0.05) is 30.3 Å². The number of fused-ring (bicyclic) bond motifs is 2. The number of carboxylic acids is 1. The molecule has 2 N–H and O–H groups in total. The van der Waals surface area contributed by atoms with E-state index in [0.717, 1.165) is 28.4 Å². The Labute approximate surface area is 187 Å². The highest BCUT2D eigenvalue weighted by Gasteiger charge is 2.34. The minimum atomic E-state index is -0.801. The first kappa shape index (κ1) is 20.4. The van der Waals surface area contributed by atoms with Gasteiger partial charge < -0.3 is 19.9 Å². The van der Waals surface area contributed by atoms with E-state index in [0.29, 0.717) is 13.2 Å². The van der Waals surface area contributed by atoms with E-state index in [1.54, 1.807) is 6.20 Å². The van der Waals surface area contributed by atoms with Gasteiger partial charge in [0.25, 0.3) is 0 Å². The quantitative estimate of drug-likeness (QED) is 0.581. The summed E-state index contributed by atoms with van der Waals surface area (Å²) in [5, 5.41) is 12.6. The van der Waals surface area contributed by atoms with E-state index in [1.165, 1.54) is 16.7 Å². The average Bonchev–Trinajstić information content (AvgIpc) is 3.32. The van der Waals surface area contributed by atoms with Crippen molar-refractivity contribution in [2.75, 3.05) is 11.9 Å². The molecule has 1 aromatic heterocycles. The maximum Gasteiger partial charge on any atom is 0.304 e. The highest BCUT2D eigenvalue weighted by molar-refractivity contribution is 5.69. The molecule has 2 aliphatic rings. The van der Waals surface area contributed by atoms with Crippen LogP contribution in [0.3, 0.4) is 0 Å². The fraction of sp³-hybridized carbons (Fsp3) is 0.308. The first-order chi connectivity index (χ1) is 15.5. The number of hydrogen-bond donors (Lipinski definition) is 2. The molecule has 2 unspecified atom stereocenters. The Bertz CT molecular complexity index is 1180. The van der Waals surface area contributed by atoms with Gasteiger partial charge >= 0.3 is 5.97 Å². The Morgan fingerprint density at radius 3 is 2.84 bits per heavy atom. The van der Waals surface area contributed by atoms with E-state index < -0.39 is 5.97 Å². The number of aliphatic carboxylic acids is 1. The van der Waals surface area contributed by atoms with Gasteiger partial charge in [-0.05, 0) is 42.7 Å². The number of anilines is 1. The molecular weight excluding hydrogens is 404 g/mol. The molecule has 32 heavy (non-hydrogen) atoms. The highest BCUT2D eigenvalue weighted by Crippen LogP contribution is 2.42. The van der Waals surface area contributed by atoms with Crippen LogP contribution in [0.15, 0.2) is 54.7 Å².